The summed E-state index contributed by atoms with van der Waals surface area (Å²) in [5, 5.41) is 3.67. The van der Waals surface area contributed by atoms with E-state index in [9.17, 15) is 0 Å². The lowest BCUT2D eigenvalue weighted by atomic mass is 10.3. The van der Waals surface area contributed by atoms with Crippen molar-refractivity contribution in [1.82, 2.24) is 9.97 Å². The zero-order chi connectivity index (χ0) is 10.5. The highest BCUT2D eigenvalue weighted by molar-refractivity contribution is 6.29. The molecule has 0 saturated heterocycles. The number of rotatable bonds is 3. The molecule has 2 rings (SSSR count). The quantitative estimate of drug-likeness (QED) is 0.807. The fourth-order valence-corrected chi connectivity index (χ4v) is 1.36. The Labute approximate surface area is 93.1 Å². The molecule has 0 atom stereocenters. The number of nitrogens with zero attached hydrogens (tertiary/aromatic N) is 2. The molecule has 2 aromatic heterocycles. The van der Waals surface area contributed by atoms with Gasteiger partial charge in [-0.3, -0.25) is 4.98 Å². The molecule has 0 radical (unpaired) electrons. The van der Waals surface area contributed by atoms with Crippen LogP contribution in [0.25, 0.3) is 0 Å². The zero-order valence-corrected chi connectivity index (χ0v) is 8.78. The Morgan fingerprint density at radius 3 is 2.67 bits per heavy atom. The second-order valence-corrected chi connectivity index (χ2v) is 3.44. The van der Waals surface area contributed by atoms with Crippen molar-refractivity contribution >= 4 is 17.4 Å². The van der Waals surface area contributed by atoms with Crippen LogP contribution in [0, 0.1) is 0 Å². The molecule has 1 N–H and O–H groups in total. The van der Waals surface area contributed by atoms with Gasteiger partial charge in [-0.25, -0.2) is 4.98 Å². The van der Waals surface area contributed by atoms with E-state index in [0.717, 1.165) is 17.9 Å². The maximum absolute atomic E-state index is 5.77. The van der Waals surface area contributed by atoms with E-state index in [1.165, 1.54) is 0 Å². The van der Waals surface area contributed by atoms with Gasteiger partial charge >= 0.3 is 0 Å². The van der Waals surface area contributed by atoms with E-state index in [4.69, 9.17) is 11.6 Å². The molecule has 3 nitrogen and oxygen atoms in total. The van der Waals surface area contributed by atoms with Crippen molar-refractivity contribution in [3.8, 4) is 0 Å². The maximum Gasteiger partial charge on any atom is 0.131 e. The lowest BCUT2D eigenvalue weighted by Gasteiger charge is -2.04. The summed E-state index contributed by atoms with van der Waals surface area (Å²) in [6.45, 7) is 0.718. The van der Waals surface area contributed by atoms with Gasteiger partial charge in [0, 0.05) is 18.9 Å². The summed E-state index contributed by atoms with van der Waals surface area (Å²) in [6, 6.07) is 9.41. The average molecular weight is 220 g/mol. The van der Waals surface area contributed by atoms with Crippen LogP contribution in [0.5, 0.6) is 0 Å². The van der Waals surface area contributed by atoms with Crippen LogP contribution < -0.4 is 5.32 Å². The minimum atomic E-state index is 0.495. The molecule has 0 aliphatic carbocycles. The summed E-state index contributed by atoms with van der Waals surface area (Å²) < 4.78 is 0. The number of pyridine rings is 2. The molecule has 4 heteroatoms. The molecule has 2 heterocycles. The Bertz CT molecular complexity index is 431. The van der Waals surface area contributed by atoms with Gasteiger partial charge in [0.05, 0.1) is 0 Å². The van der Waals surface area contributed by atoms with Crippen molar-refractivity contribution in [1.29, 1.82) is 0 Å². The topological polar surface area (TPSA) is 37.8 Å². The van der Waals surface area contributed by atoms with Crippen molar-refractivity contribution in [3.63, 3.8) is 0 Å². The Hall–Kier alpha value is -1.61. The fraction of sp³-hybridized carbons (Fsp3) is 0.0909. The molecule has 0 aromatic carbocycles. The van der Waals surface area contributed by atoms with Gasteiger partial charge in [-0.15, -0.1) is 0 Å². The van der Waals surface area contributed by atoms with Crippen LogP contribution in [-0.2, 0) is 6.54 Å². The van der Waals surface area contributed by atoms with E-state index in [-0.39, 0.29) is 0 Å². The largest absolute Gasteiger partial charge is 0.366 e. The summed E-state index contributed by atoms with van der Waals surface area (Å²) in [5.74, 6) is 0.777. The number of halogens is 1. The lowest BCUT2D eigenvalue weighted by molar-refractivity contribution is 1.10. The smallest absolute Gasteiger partial charge is 0.131 e. The van der Waals surface area contributed by atoms with Crippen LogP contribution in [0.15, 0.2) is 42.7 Å². The van der Waals surface area contributed by atoms with Crippen molar-refractivity contribution in [3.05, 3.63) is 53.4 Å². The summed E-state index contributed by atoms with van der Waals surface area (Å²) in [5.41, 5.74) is 1.16. The molecule has 2 aromatic rings. The molecule has 0 amide bonds. The van der Waals surface area contributed by atoms with E-state index in [0.29, 0.717) is 5.15 Å². The number of hydrogen-bond acceptors (Lipinski definition) is 3. The first kappa shape index (κ1) is 9.93. The number of nitrogens with one attached hydrogen (secondary N) is 1. The molecule has 76 valence electrons. The minimum Gasteiger partial charge on any atom is -0.366 e. The van der Waals surface area contributed by atoms with Crippen LogP contribution in [-0.4, -0.2) is 9.97 Å². The highest BCUT2D eigenvalue weighted by atomic mass is 35.5. The molecular weight excluding hydrogens is 210 g/mol. The van der Waals surface area contributed by atoms with Gasteiger partial charge in [0.15, 0.2) is 0 Å². The van der Waals surface area contributed by atoms with Crippen molar-refractivity contribution in [2.45, 2.75) is 6.54 Å². The van der Waals surface area contributed by atoms with Crippen LogP contribution in [0.3, 0.4) is 0 Å². The summed E-state index contributed by atoms with van der Waals surface area (Å²) >= 11 is 5.77. The van der Waals surface area contributed by atoms with Gasteiger partial charge in [-0.2, -0.15) is 0 Å². The Kier molecular flexibility index (Phi) is 3.15. The first-order chi connectivity index (χ1) is 7.34. The molecule has 0 fully saturated rings. The van der Waals surface area contributed by atoms with Gasteiger partial charge in [0.1, 0.15) is 11.0 Å². The molecule has 0 unspecified atom stereocenters. The number of anilines is 1. The third-order valence-corrected chi connectivity index (χ3v) is 2.15. The predicted molar refractivity (Wildman–Crippen MR) is 60.8 cm³/mol. The van der Waals surface area contributed by atoms with E-state index >= 15 is 0 Å². The molecule has 0 bridgehead atoms. The zero-order valence-electron chi connectivity index (χ0n) is 8.02. The third-order valence-electron chi connectivity index (χ3n) is 1.94. The van der Waals surface area contributed by atoms with E-state index < -0.39 is 0 Å². The van der Waals surface area contributed by atoms with Crippen LogP contribution in [0.4, 0.5) is 5.82 Å². The Morgan fingerprint density at radius 2 is 1.93 bits per heavy atom. The van der Waals surface area contributed by atoms with E-state index in [2.05, 4.69) is 15.3 Å². The van der Waals surface area contributed by atoms with Crippen LogP contribution in [0.2, 0.25) is 5.15 Å². The van der Waals surface area contributed by atoms with Gasteiger partial charge in [0.2, 0.25) is 0 Å². The molecule has 15 heavy (non-hydrogen) atoms. The number of aromatic nitrogens is 2. The second kappa shape index (κ2) is 4.75. The molecule has 0 aliphatic rings. The molecule has 0 spiro atoms. The lowest BCUT2D eigenvalue weighted by Crippen LogP contribution is -2.00. The van der Waals surface area contributed by atoms with Gasteiger partial charge in [0.25, 0.3) is 0 Å². The normalized spacial score (nSPS) is 9.93. The molecule has 0 aliphatic heterocycles. The third kappa shape index (κ3) is 2.92. The van der Waals surface area contributed by atoms with Crippen LogP contribution >= 0.6 is 11.6 Å². The average Bonchev–Trinajstić information content (AvgIpc) is 2.28. The molecular formula is C11H10ClN3. The van der Waals surface area contributed by atoms with E-state index in [1.807, 2.05) is 24.3 Å². The SMILES string of the molecule is Clc1cccc(NCc2ccncc2)n1. The fourth-order valence-electron chi connectivity index (χ4n) is 1.20. The monoisotopic (exact) mass is 219 g/mol. The summed E-state index contributed by atoms with van der Waals surface area (Å²) in [6.07, 6.45) is 3.53. The maximum atomic E-state index is 5.77. The second-order valence-electron chi connectivity index (χ2n) is 3.05. The first-order valence-corrected chi connectivity index (χ1v) is 4.98. The molecule has 0 saturated carbocycles. The van der Waals surface area contributed by atoms with Gasteiger partial charge in [-0.05, 0) is 29.8 Å². The highest BCUT2D eigenvalue weighted by Crippen LogP contribution is 2.10. The summed E-state index contributed by atoms with van der Waals surface area (Å²) in [4.78, 5) is 8.08. The summed E-state index contributed by atoms with van der Waals surface area (Å²) in [7, 11) is 0. The van der Waals surface area contributed by atoms with Crippen molar-refractivity contribution in [2.75, 3.05) is 5.32 Å². The van der Waals surface area contributed by atoms with Gasteiger partial charge < -0.3 is 5.32 Å². The van der Waals surface area contributed by atoms with E-state index in [1.54, 1.807) is 18.5 Å². The Balaban J connectivity index is 1.99. The van der Waals surface area contributed by atoms with Gasteiger partial charge in [-0.1, -0.05) is 17.7 Å². The standard InChI is InChI=1S/C11H10ClN3/c12-10-2-1-3-11(15-10)14-8-9-4-6-13-7-5-9/h1-7H,8H2,(H,14,15). The highest BCUT2D eigenvalue weighted by Gasteiger charge is 1.95. The van der Waals surface area contributed by atoms with Crippen molar-refractivity contribution < 1.29 is 0 Å². The van der Waals surface area contributed by atoms with Crippen LogP contribution in [0.1, 0.15) is 5.56 Å². The predicted octanol–water partition coefficient (Wildman–Crippen LogP) is 2.74. The minimum absolute atomic E-state index is 0.495. The first-order valence-electron chi connectivity index (χ1n) is 4.60. The Morgan fingerprint density at radius 1 is 1.13 bits per heavy atom. The number of hydrogen-bond donors (Lipinski definition) is 1. The van der Waals surface area contributed by atoms with Crippen molar-refractivity contribution in [2.24, 2.45) is 0 Å².